The highest BCUT2D eigenvalue weighted by Gasteiger charge is 2.21. The van der Waals surface area contributed by atoms with Crippen LogP contribution in [0.25, 0.3) is 0 Å². The summed E-state index contributed by atoms with van der Waals surface area (Å²) in [5, 5.41) is 3.31. The molecule has 0 saturated carbocycles. The van der Waals surface area contributed by atoms with Gasteiger partial charge in [-0.25, -0.2) is 13.1 Å². The van der Waals surface area contributed by atoms with Crippen molar-refractivity contribution in [3.63, 3.8) is 0 Å². The lowest BCUT2D eigenvalue weighted by molar-refractivity contribution is 0.421. The average Bonchev–Trinajstić information content (AvgIpc) is 2.19. The maximum Gasteiger partial charge on any atom is 0.209 e. The Balaban J connectivity index is 2.56. The molecule has 0 heterocycles. The summed E-state index contributed by atoms with van der Waals surface area (Å²) < 4.78 is 25.1. The molecule has 4 nitrogen and oxygen atoms in total. The molecule has 1 rings (SSSR count). The zero-order valence-electron chi connectivity index (χ0n) is 12.4. The van der Waals surface area contributed by atoms with E-state index in [4.69, 9.17) is 0 Å². The second-order valence-corrected chi connectivity index (χ2v) is 7.54. The van der Waals surface area contributed by atoms with Crippen molar-refractivity contribution in [1.29, 1.82) is 0 Å². The quantitative estimate of drug-likeness (QED) is 0.836. The largest absolute Gasteiger partial charge is 0.311 e. The highest BCUT2D eigenvalue weighted by atomic mass is 32.2. The molecule has 2 N–H and O–H groups in total. The fraction of sp³-hybridized carbons (Fsp3) is 0.571. The van der Waals surface area contributed by atoms with Crippen LogP contribution >= 0.6 is 0 Å². The van der Waals surface area contributed by atoms with Crippen LogP contribution in [0.2, 0.25) is 0 Å². The van der Waals surface area contributed by atoms with E-state index in [-0.39, 0.29) is 0 Å². The van der Waals surface area contributed by atoms with Gasteiger partial charge >= 0.3 is 0 Å². The second kappa shape index (κ2) is 6.03. The van der Waals surface area contributed by atoms with Crippen LogP contribution in [0.1, 0.15) is 30.5 Å². The van der Waals surface area contributed by atoms with Crippen molar-refractivity contribution in [3.8, 4) is 0 Å². The van der Waals surface area contributed by atoms with Crippen molar-refractivity contribution in [3.05, 3.63) is 34.9 Å². The zero-order valence-corrected chi connectivity index (χ0v) is 13.2. The number of benzene rings is 1. The van der Waals surface area contributed by atoms with Crippen LogP contribution in [-0.2, 0) is 16.6 Å². The molecule has 0 aromatic heterocycles. The van der Waals surface area contributed by atoms with Gasteiger partial charge in [-0.2, -0.15) is 0 Å². The summed E-state index contributed by atoms with van der Waals surface area (Å²) in [5.74, 6) is 0. The van der Waals surface area contributed by atoms with Gasteiger partial charge < -0.3 is 5.32 Å². The van der Waals surface area contributed by atoms with E-state index in [0.717, 1.165) is 6.54 Å². The molecule has 0 amide bonds. The van der Waals surface area contributed by atoms with Gasteiger partial charge in [-0.05, 0) is 38.8 Å². The van der Waals surface area contributed by atoms with Crippen molar-refractivity contribution in [1.82, 2.24) is 10.0 Å². The minimum Gasteiger partial charge on any atom is -0.311 e. The summed E-state index contributed by atoms with van der Waals surface area (Å²) in [6.07, 6.45) is 1.18. The third-order valence-electron chi connectivity index (χ3n) is 2.85. The summed E-state index contributed by atoms with van der Waals surface area (Å²) in [4.78, 5) is 0. The minimum absolute atomic E-state index is 0.495. The van der Waals surface area contributed by atoms with Gasteiger partial charge in [0.25, 0.3) is 0 Å². The zero-order chi connectivity index (χ0) is 14.7. The van der Waals surface area contributed by atoms with Crippen LogP contribution in [0.3, 0.4) is 0 Å². The van der Waals surface area contributed by atoms with E-state index in [1.807, 2.05) is 13.8 Å². The minimum atomic E-state index is -3.18. The van der Waals surface area contributed by atoms with Crippen LogP contribution in [0, 0.1) is 13.8 Å². The van der Waals surface area contributed by atoms with Crippen LogP contribution < -0.4 is 10.0 Å². The van der Waals surface area contributed by atoms with Gasteiger partial charge in [0.1, 0.15) is 0 Å². The molecular formula is C14H24N2O2S. The highest BCUT2D eigenvalue weighted by molar-refractivity contribution is 7.88. The van der Waals surface area contributed by atoms with Gasteiger partial charge in [0.05, 0.1) is 6.26 Å². The van der Waals surface area contributed by atoms with E-state index in [1.54, 1.807) is 0 Å². The Bertz CT molecular complexity index is 536. The first kappa shape index (κ1) is 16.1. The smallest absolute Gasteiger partial charge is 0.209 e. The predicted octanol–water partition coefficient (Wildman–Crippen LogP) is 1.72. The second-order valence-electron chi connectivity index (χ2n) is 5.79. The van der Waals surface area contributed by atoms with Gasteiger partial charge in [-0.3, -0.25) is 0 Å². The summed E-state index contributed by atoms with van der Waals surface area (Å²) in [6.45, 7) is 9.19. The van der Waals surface area contributed by atoms with Crippen molar-refractivity contribution in [2.45, 2.75) is 39.8 Å². The van der Waals surface area contributed by atoms with Crippen molar-refractivity contribution >= 4 is 10.0 Å². The van der Waals surface area contributed by atoms with E-state index >= 15 is 0 Å². The third kappa shape index (κ3) is 6.18. The first-order valence-corrected chi connectivity index (χ1v) is 8.24. The van der Waals surface area contributed by atoms with Gasteiger partial charge in [0.15, 0.2) is 0 Å². The average molecular weight is 284 g/mol. The topological polar surface area (TPSA) is 58.2 Å². The van der Waals surface area contributed by atoms with Crippen LogP contribution in [0.4, 0.5) is 0 Å². The Morgan fingerprint density at radius 1 is 1.21 bits per heavy atom. The Labute approximate surface area is 116 Å². The summed E-state index contributed by atoms with van der Waals surface area (Å²) in [7, 11) is -3.18. The Kier molecular flexibility index (Phi) is 5.12. The lowest BCUT2D eigenvalue weighted by Gasteiger charge is -2.25. The molecule has 19 heavy (non-hydrogen) atoms. The molecule has 5 heteroatoms. The molecule has 0 bridgehead atoms. The van der Waals surface area contributed by atoms with Gasteiger partial charge in [-0.15, -0.1) is 0 Å². The lowest BCUT2D eigenvalue weighted by Crippen LogP contribution is -2.49. The maximum absolute atomic E-state index is 11.2. The molecule has 108 valence electrons. The van der Waals surface area contributed by atoms with E-state index < -0.39 is 15.6 Å². The van der Waals surface area contributed by atoms with Crippen molar-refractivity contribution < 1.29 is 8.42 Å². The lowest BCUT2D eigenvalue weighted by atomic mass is 10.0. The molecule has 0 saturated heterocycles. The van der Waals surface area contributed by atoms with Crippen LogP contribution in [-0.4, -0.2) is 26.8 Å². The van der Waals surface area contributed by atoms with Gasteiger partial charge in [-0.1, -0.05) is 23.8 Å². The monoisotopic (exact) mass is 284 g/mol. The van der Waals surface area contributed by atoms with Gasteiger partial charge in [0, 0.05) is 18.6 Å². The molecular weight excluding hydrogens is 260 g/mol. The highest BCUT2D eigenvalue weighted by Crippen LogP contribution is 2.11. The summed E-state index contributed by atoms with van der Waals surface area (Å²) in [5.41, 5.74) is 3.23. The fourth-order valence-corrected chi connectivity index (χ4v) is 3.11. The molecule has 0 aliphatic rings. The van der Waals surface area contributed by atoms with E-state index in [2.05, 4.69) is 42.1 Å². The molecule has 1 aromatic rings. The Morgan fingerprint density at radius 2 is 1.84 bits per heavy atom. The van der Waals surface area contributed by atoms with Gasteiger partial charge in [0.2, 0.25) is 10.0 Å². The maximum atomic E-state index is 11.2. The summed E-state index contributed by atoms with van der Waals surface area (Å²) >= 11 is 0. The number of aryl methyl sites for hydroxylation is 2. The number of hydrogen-bond acceptors (Lipinski definition) is 3. The summed E-state index contributed by atoms with van der Waals surface area (Å²) in [6, 6.07) is 6.35. The fourth-order valence-electron chi connectivity index (χ4n) is 2.04. The van der Waals surface area contributed by atoms with E-state index in [0.29, 0.717) is 6.54 Å². The first-order valence-electron chi connectivity index (χ1n) is 6.35. The SMILES string of the molecule is Cc1ccc(C)c(CNCC(C)(C)NS(C)(=O)=O)c1. The predicted molar refractivity (Wildman–Crippen MR) is 79.7 cm³/mol. The molecule has 0 aliphatic heterocycles. The van der Waals surface area contributed by atoms with E-state index in [9.17, 15) is 8.42 Å². The van der Waals surface area contributed by atoms with Crippen molar-refractivity contribution in [2.24, 2.45) is 0 Å². The molecule has 0 radical (unpaired) electrons. The molecule has 0 atom stereocenters. The Hall–Kier alpha value is -0.910. The molecule has 1 aromatic carbocycles. The molecule has 0 spiro atoms. The standard InChI is InChI=1S/C14H24N2O2S/c1-11-6-7-12(2)13(8-11)9-15-10-14(3,4)16-19(5,17)18/h6-8,15-16H,9-10H2,1-5H3. The molecule has 0 unspecified atom stereocenters. The number of sulfonamides is 1. The molecule has 0 fully saturated rings. The van der Waals surface area contributed by atoms with Crippen LogP contribution in [0.15, 0.2) is 18.2 Å². The van der Waals surface area contributed by atoms with Crippen LogP contribution in [0.5, 0.6) is 0 Å². The Morgan fingerprint density at radius 3 is 2.42 bits per heavy atom. The third-order valence-corrected chi connectivity index (χ3v) is 3.77. The van der Waals surface area contributed by atoms with E-state index in [1.165, 1.54) is 22.9 Å². The first-order chi connectivity index (χ1) is 8.59. The normalized spacial score (nSPS) is 12.7. The number of nitrogens with one attached hydrogen (secondary N) is 2. The molecule has 0 aliphatic carbocycles. The number of rotatable bonds is 6. The van der Waals surface area contributed by atoms with Crippen molar-refractivity contribution in [2.75, 3.05) is 12.8 Å². The number of hydrogen-bond donors (Lipinski definition) is 2.